The van der Waals surface area contributed by atoms with Gasteiger partial charge in [-0.15, -0.1) is 0 Å². The van der Waals surface area contributed by atoms with Gasteiger partial charge in [0.25, 0.3) is 0 Å². The van der Waals surface area contributed by atoms with Crippen molar-refractivity contribution in [2.24, 2.45) is 0 Å². The minimum absolute atomic E-state index is 0.00883. The molecule has 0 atom stereocenters. The molecule has 2 rings (SSSR count). The Balaban J connectivity index is 2.02. The van der Waals surface area contributed by atoms with E-state index < -0.39 is 10.0 Å². The van der Waals surface area contributed by atoms with Gasteiger partial charge in [0.1, 0.15) is 10.7 Å². The largest absolute Gasteiger partial charge is 0.383 e. The zero-order valence-corrected chi connectivity index (χ0v) is 10.3. The van der Waals surface area contributed by atoms with Crippen molar-refractivity contribution in [1.82, 2.24) is 19.5 Å². The van der Waals surface area contributed by atoms with E-state index in [0.29, 0.717) is 6.54 Å². The predicted octanol–water partition coefficient (Wildman–Crippen LogP) is -0.161. The molecule has 96 valence electrons. The van der Waals surface area contributed by atoms with Gasteiger partial charge in [-0.25, -0.2) is 18.1 Å². The quantitative estimate of drug-likeness (QED) is 0.783. The average molecular weight is 267 g/mol. The molecule has 0 aliphatic heterocycles. The fourth-order valence-corrected chi connectivity index (χ4v) is 2.54. The number of nitrogens with zero attached hydrogens (tertiary/aromatic N) is 3. The molecule has 3 N–H and O–H groups in total. The monoisotopic (exact) mass is 267 g/mol. The van der Waals surface area contributed by atoms with Crippen molar-refractivity contribution in [3.8, 4) is 0 Å². The Morgan fingerprint density at radius 3 is 2.83 bits per heavy atom. The van der Waals surface area contributed by atoms with Crippen LogP contribution in [0.3, 0.4) is 0 Å². The van der Waals surface area contributed by atoms with E-state index in [1.165, 1.54) is 18.3 Å². The van der Waals surface area contributed by atoms with Gasteiger partial charge in [0, 0.05) is 25.1 Å². The summed E-state index contributed by atoms with van der Waals surface area (Å²) >= 11 is 0. The zero-order chi connectivity index (χ0) is 13.0. The number of pyridine rings is 1. The fourth-order valence-electron chi connectivity index (χ4n) is 1.44. The third-order valence-electron chi connectivity index (χ3n) is 2.28. The van der Waals surface area contributed by atoms with E-state index in [-0.39, 0.29) is 17.3 Å². The fraction of sp³-hybridized carbons (Fsp3) is 0.200. The summed E-state index contributed by atoms with van der Waals surface area (Å²) in [5.74, 6) is -0.0101. The van der Waals surface area contributed by atoms with Gasteiger partial charge in [0.15, 0.2) is 0 Å². The summed E-state index contributed by atoms with van der Waals surface area (Å²) in [6, 6.07) is 4.71. The van der Waals surface area contributed by atoms with E-state index in [9.17, 15) is 8.42 Å². The van der Waals surface area contributed by atoms with Crippen LogP contribution in [0.25, 0.3) is 0 Å². The van der Waals surface area contributed by atoms with Crippen molar-refractivity contribution < 1.29 is 8.42 Å². The summed E-state index contributed by atoms with van der Waals surface area (Å²) in [5.41, 5.74) is 5.53. The van der Waals surface area contributed by atoms with Crippen molar-refractivity contribution in [1.29, 1.82) is 0 Å². The molecule has 0 aliphatic carbocycles. The predicted molar refractivity (Wildman–Crippen MR) is 66.1 cm³/mol. The first-order valence-corrected chi connectivity index (χ1v) is 6.75. The molecule has 2 heterocycles. The standard InChI is InChI=1S/C10H13N5O2S/c11-10-9(3-1-4-12-10)18(16,17)14-6-8-15-7-2-5-13-15/h1-5,7,14H,6,8H2,(H2,11,12). The molecule has 0 saturated carbocycles. The van der Waals surface area contributed by atoms with Gasteiger partial charge >= 0.3 is 0 Å². The van der Waals surface area contributed by atoms with Crippen molar-refractivity contribution in [2.45, 2.75) is 11.4 Å². The number of nitrogens with one attached hydrogen (secondary N) is 1. The minimum atomic E-state index is -3.62. The lowest BCUT2D eigenvalue weighted by molar-refractivity contribution is 0.561. The molecule has 2 aromatic heterocycles. The zero-order valence-electron chi connectivity index (χ0n) is 9.52. The van der Waals surface area contributed by atoms with Crippen LogP contribution >= 0.6 is 0 Å². The molecule has 7 nitrogen and oxygen atoms in total. The van der Waals surface area contributed by atoms with Crippen LogP contribution in [0.1, 0.15) is 0 Å². The van der Waals surface area contributed by atoms with E-state index in [0.717, 1.165) is 0 Å². The van der Waals surface area contributed by atoms with Crippen LogP contribution in [-0.4, -0.2) is 29.7 Å². The highest BCUT2D eigenvalue weighted by molar-refractivity contribution is 7.89. The third kappa shape index (κ3) is 2.84. The molecular formula is C10H13N5O2S. The maximum absolute atomic E-state index is 11.9. The number of hydrogen-bond acceptors (Lipinski definition) is 5. The van der Waals surface area contributed by atoms with Crippen LogP contribution < -0.4 is 10.5 Å². The molecular weight excluding hydrogens is 254 g/mol. The van der Waals surface area contributed by atoms with E-state index in [4.69, 9.17) is 5.73 Å². The highest BCUT2D eigenvalue weighted by Crippen LogP contribution is 2.13. The van der Waals surface area contributed by atoms with Gasteiger partial charge in [0.2, 0.25) is 10.0 Å². The molecule has 0 spiro atoms. The van der Waals surface area contributed by atoms with Crippen molar-refractivity contribution in [3.63, 3.8) is 0 Å². The van der Waals surface area contributed by atoms with E-state index >= 15 is 0 Å². The Morgan fingerprint density at radius 2 is 2.17 bits per heavy atom. The summed E-state index contributed by atoms with van der Waals surface area (Å²) in [4.78, 5) is 3.74. The van der Waals surface area contributed by atoms with Crippen molar-refractivity contribution in [3.05, 3.63) is 36.8 Å². The molecule has 2 aromatic rings. The van der Waals surface area contributed by atoms with Gasteiger partial charge < -0.3 is 5.73 Å². The van der Waals surface area contributed by atoms with E-state index in [2.05, 4.69) is 14.8 Å². The second kappa shape index (κ2) is 5.15. The lowest BCUT2D eigenvalue weighted by Gasteiger charge is -2.08. The Morgan fingerprint density at radius 1 is 1.33 bits per heavy atom. The average Bonchev–Trinajstić information content (AvgIpc) is 2.82. The number of rotatable bonds is 5. The van der Waals surface area contributed by atoms with Gasteiger partial charge in [-0.2, -0.15) is 5.10 Å². The molecule has 0 bridgehead atoms. The number of nitrogen functional groups attached to an aromatic ring is 1. The summed E-state index contributed by atoms with van der Waals surface area (Å²) in [6.07, 6.45) is 4.83. The van der Waals surface area contributed by atoms with Gasteiger partial charge in [-0.3, -0.25) is 4.68 Å². The molecule has 18 heavy (non-hydrogen) atoms. The summed E-state index contributed by atoms with van der Waals surface area (Å²) in [7, 11) is -3.62. The normalized spacial score (nSPS) is 11.6. The second-order valence-corrected chi connectivity index (χ2v) is 5.29. The summed E-state index contributed by atoms with van der Waals surface area (Å²) in [6.45, 7) is 0.685. The van der Waals surface area contributed by atoms with E-state index in [1.54, 1.807) is 23.1 Å². The molecule has 0 aliphatic rings. The smallest absolute Gasteiger partial charge is 0.244 e. The third-order valence-corrected chi connectivity index (χ3v) is 3.79. The molecule has 8 heteroatoms. The molecule has 0 fully saturated rings. The molecule has 0 unspecified atom stereocenters. The molecule has 0 saturated heterocycles. The Bertz CT molecular complexity index is 609. The maximum atomic E-state index is 11.9. The van der Waals surface area contributed by atoms with Crippen LogP contribution in [0.15, 0.2) is 41.7 Å². The van der Waals surface area contributed by atoms with Crippen LogP contribution in [0.5, 0.6) is 0 Å². The number of sulfonamides is 1. The number of anilines is 1. The Kier molecular flexibility index (Phi) is 3.58. The Hall–Kier alpha value is -1.93. The molecule has 0 aromatic carbocycles. The first kappa shape index (κ1) is 12.5. The van der Waals surface area contributed by atoms with Crippen molar-refractivity contribution >= 4 is 15.8 Å². The lowest BCUT2D eigenvalue weighted by atomic mass is 10.5. The Labute approximate surface area is 105 Å². The summed E-state index contributed by atoms with van der Waals surface area (Å²) in [5, 5.41) is 3.97. The second-order valence-electron chi connectivity index (χ2n) is 3.55. The number of aromatic nitrogens is 3. The number of hydrogen-bond donors (Lipinski definition) is 2. The number of nitrogens with two attached hydrogens (primary N) is 1. The van der Waals surface area contributed by atoms with Gasteiger partial charge in [-0.05, 0) is 18.2 Å². The highest BCUT2D eigenvalue weighted by atomic mass is 32.2. The van der Waals surface area contributed by atoms with Crippen LogP contribution in [0.4, 0.5) is 5.82 Å². The lowest BCUT2D eigenvalue weighted by Crippen LogP contribution is -2.28. The van der Waals surface area contributed by atoms with Gasteiger partial charge in [-0.1, -0.05) is 0 Å². The highest BCUT2D eigenvalue weighted by Gasteiger charge is 2.16. The van der Waals surface area contributed by atoms with Crippen LogP contribution in [0.2, 0.25) is 0 Å². The van der Waals surface area contributed by atoms with Crippen LogP contribution in [0, 0.1) is 0 Å². The first-order chi connectivity index (χ1) is 8.59. The molecule has 0 amide bonds. The van der Waals surface area contributed by atoms with E-state index in [1.807, 2.05) is 0 Å². The SMILES string of the molecule is Nc1ncccc1S(=O)(=O)NCCn1cccn1. The van der Waals surface area contributed by atoms with Crippen LogP contribution in [-0.2, 0) is 16.6 Å². The van der Waals surface area contributed by atoms with Crippen molar-refractivity contribution in [2.75, 3.05) is 12.3 Å². The molecule has 0 radical (unpaired) electrons. The first-order valence-electron chi connectivity index (χ1n) is 5.27. The topological polar surface area (TPSA) is 103 Å². The summed E-state index contributed by atoms with van der Waals surface area (Å²) < 4.78 is 27.9. The van der Waals surface area contributed by atoms with Gasteiger partial charge in [0.05, 0.1) is 6.54 Å². The maximum Gasteiger partial charge on any atom is 0.244 e. The minimum Gasteiger partial charge on any atom is -0.383 e.